The first-order valence-corrected chi connectivity index (χ1v) is 9.78. The third-order valence-electron chi connectivity index (χ3n) is 6.42. The number of piperidine rings is 1. The van der Waals surface area contributed by atoms with Crippen molar-refractivity contribution in [1.29, 1.82) is 0 Å². The normalized spacial score (nSPS) is 21.4. The number of imidazole rings is 1. The molecule has 27 heavy (non-hydrogen) atoms. The minimum absolute atomic E-state index is 0.00855. The van der Waals surface area contributed by atoms with E-state index in [1.54, 1.807) is 18.7 Å². The second-order valence-corrected chi connectivity index (χ2v) is 7.96. The third-order valence-corrected chi connectivity index (χ3v) is 6.42. The number of nitrogens with zero attached hydrogens (tertiary/aromatic N) is 3. The van der Waals surface area contributed by atoms with E-state index in [1.165, 1.54) is 0 Å². The number of furan rings is 1. The van der Waals surface area contributed by atoms with Gasteiger partial charge in [-0.25, -0.2) is 4.98 Å². The summed E-state index contributed by atoms with van der Waals surface area (Å²) in [7, 11) is 0. The van der Waals surface area contributed by atoms with Crippen molar-refractivity contribution in [2.45, 2.75) is 44.6 Å². The van der Waals surface area contributed by atoms with Crippen LogP contribution in [-0.4, -0.2) is 51.2 Å². The van der Waals surface area contributed by atoms with Crippen molar-refractivity contribution in [3.63, 3.8) is 0 Å². The molecule has 2 aromatic rings. The number of rotatable bonds is 2. The van der Waals surface area contributed by atoms with Crippen molar-refractivity contribution in [3.8, 4) is 0 Å². The Kier molecular flexibility index (Phi) is 3.67. The van der Waals surface area contributed by atoms with Crippen LogP contribution in [0, 0.1) is 12.8 Å². The molecular weight excluding hydrogens is 344 g/mol. The highest BCUT2D eigenvalue weighted by Crippen LogP contribution is 2.45. The Labute approximate surface area is 157 Å². The molecule has 1 saturated heterocycles. The van der Waals surface area contributed by atoms with Crippen LogP contribution in [-0.2, 0) is 16.8 Å². The second-order valence-electron chi connectivity index (χ2n) is 7.96. The van der Waals surface area contributed by atoms with E-state index < -0.39 is 0 Å². The zero-order valence-corrected chi connectivity index (χ0v) is 15.5. The van der Waals surface area contributed by atoms with Crippen LogP contribution in [0.3, 0.4) is 0 Å². The van der Waals surface area contributed by atoms with Gasteiger partial charge in [-0.3, -0.25) is 9.59 Å². The predicted molar refractivity (Wildman–Crippen MR) is 97.0 cm³/mol. The molecule has 0 radical (unpaired) electrons. The molecule has 0 aromatic carbocycles. The van der Waals surface area contributed by atoms with Crippen molar-refractivity contribution < 1.29 is 14.0 Å². The Hall–Kier alpha value is -2.57. The fraction of sp³-hybridized carbons (Fsp3) is 0.550. The smallest absolute Gasteiger partial charge is 0.257 e. The SMILES string of the molecule is Cc1occc1C(=O)N1CCC2(CC1)c1nc[nH]c1CCN2C(=O)C1CC1. The lowest BCUT2D eigenvalue weighted by Gasteiger charge is -2.50. The lowest BCUT2D eigenvalue weighted by atomic mass is 9.78. The molecule has 1 aliphatic carbocycles. The van der Waals surface area contributed by atoms with Crippen molar-refractivity contribution >= 4 is 11.8 Å². The van der Waals surface area contributed by atoms with E-state index in [0.717, 1.165) is 50.0 Å². The Bertz CT molecular complexity index is 887. The topological polar surface area (TPSA) is 82.4 Å². The van der Waals surface area contributed by atoms with E-state index in [-0.39, 0.29) is 23.3 Å². The maximum Gasteiger partial charge on any atom is 0.257 e. The molecule has 0 bridgehead atoms. The largest absolute Gasteiger partial charge is 0.469 e. The highest BCUT2D eigenvalue weighted by atomic mass is 16.3. The van der Waals surface area contributed by atoms with Crippen molar-refractivity contribution in [1.82, 2.24) is 19.8 Å². The number of fused-ring (bicyclic) bond motifs is 2. The number of carbonyl (C=O) groups excluding carboxylic acids is 2. The Morgan fingerprint density at radius 1 is 1.26 bits per heavy atom. The predicted octanol–water partition coefficient (Wildman–Crippen LogP) is 2.24. The Morgan fingerprint density at radius 2 is 2.04 bits per heavy atom. The van der Waals surface area contributed by atoms with Gasteiger partial charge in [0.05, 0.1) is 29.4 Å². The standard InChI is InChI=1S/C20H24N4O3/c1-13-15(5-11-27-13)19(26)23-9-6-20(7-10-23)17-16(21-12-22-17)4-8-24(20)18(25)14-2-3-14/h5,11-12,14H,2-4,6-10H2,1H3,(H,21,22). The fourth-order valence-corrected chi connectivity index (χ4v) is 4.71. The summed E-state index contributed by atoms with van der Waals surface area (Å²) in [6, 6.07) is 1.73. The molecule has 5 rings (SSSR count). The first kappa shape index (κ1) is 16.6. The third kappa shape index (κ3) is 2.51. The van der Waals surface area contributed by atoms with E-state index in [4.69, 9.17) is 4.42 Å². The summed E-state index contributed by atoms with van der Waals surface area (Å²) < 4.78 is 5.29. The van der Waals surface area contributed by atoms with E-state index in [1.807, 2.05) is 11.8 Å². The Balaban J connectivity index is 1.42. The summed E-state index contributed by atoms with van der Waals surface area (Å²) in [6.07, 6.45) is 7.59. The van der Waals surface area contributed by atoms with Crippen LogP contribution in [0.5, 0.6) is 0 Å². The summed E-state index contributed by atoms with van der Waals surface area (Å²) in [6.45, 7) is 3.78. The lowest BCUT2D eigenvalue weighted by molar-refractivity contribution is -0.143. The molecule has 0 unspecified atom stereocenters. The number of amides is 2. The number of aryl methyl sites for hydroxylation is 1. The first-order chi connectivity index (χ1) is 13.1. The number of H-pyrrole nitrogens is 1. The van der Waals surface area contributed by atoms with Gasteiger partial charge in [-0.05, 0) is 38.7 Å². The van der Waals surface area contributed by atoms with Crippen LogP contribution in [0.1, 0.15) is 53.2 Å². The molecule has 2 aromatic heterocycles. The second kappa shape index (κ2) is 5.97. The zero-order valence-electron chi connectivity index (χ0n) is 15.5. The van der Waals surface area contributed by atoms with Gasteiger partial charge in [0.2, 0.25) is 5.91 Å². The van der Waals surface area contributed by atoms with Crippen molar-refractivity contribution in [2.75, 3.05) is 19.6 Å². The van der Waals surface area contributed by atoms with Gasteiger partial charge in [0.1, 0.15) is 5.76 Å². The maximum atomic E-state index is 13.0. The van der Waals surface area contributed by atoms with Gasteiger partial charge in [-0.15, -0.1) is 0 Å². The van der Waals surface area contributed by atoms with Crippen LogP contribution < -0.4 is 0 Å². The summed E-state index contributed by atoms with van der Waals surface area (Å²) in [5.74, 6) is 1.12. The van der Waals surface area contributed by atoms with Gasteiger partial charge < -0.3 is 19.2 Å². The molecule has 7 heteroatoms. The lowest BCUT2D eigenvalue weighted by Crippen LogP contribution is -2.59. The molecule has 3 aliphatic rings. The summed E-state index contributed by atoms with van der Waals surface area (Å²) in [5, 5.41) is 0. The maximum absolute atomic E-state index is 13.0. The van der Waals surface area contributed by atoms with Gasteiger partial charge in [0, 0.05) is 37.7 Å². The van der Waals surface area contributed by atoms with Gasteiger partial charge in [0.25, 0.3) is 5.91 Å². The number of carbonyl (C=O) groups is 2. The average Bonchev–Trinajstić information content (AvgIpc) is 3.26. The number of aromatic amines is 1. The molecule has 4 heterocycles. The van der Waals surface area contributed by atoms with Gasteiger partial charge in [-0.2, -0.15) is 0 Å². The summed E-state index contributed by atoms with van der Waals surface area (Å²) in [5.41, 5.74) is 2.39. The monoisotopic (exact) mass is 368 g/mol. The van der Waals surface area contributed by atoms with E-state index in [9.17, 15) is 9.59 Å². The molecule has 1 saturated carbocycles. The van der Waals surface area contributed by atoms with E-state index in [0.29, 0.717) is 24.4 Å². The molecule has 7 nitrogen and oxygen atoms in total. The molecule has 142 valence electrons. The molecule has 2 aliphatic heterocycles. The molecule has 0 atom stereocenters. The van der Waals surface area contributed by atoms with Crippen molar-refractivity contribution in [2.24, 2.45) is 5.92 Å². The van der Waals surface area contributed by atoms with Gasteiger partial charge in [0.15, 0.2) is 0 Å². The highest BCUT2D eigenvalue weighted by molar-refractivity contribution is 5.95. The number of hydrogen-bond acceptors (Lipinski definition) is 4. The van der Waals surface area contributed by atoms with Gasteiger partial charge >= 0.3 is 0 Å². The van der Waals surface area contributed by atoms with Crippen LogP contribution >= 0.6 is 0 Å². The number of aromatic nitrogens is 2. The molecule has 2 amide bonds. The van der Waals surface area contributed by atoms with E-state index in [2.05, 4.69) is 14.9 Å². The van der Waals surface area contributed by atoms with Crippen LogP contribution in [0.15, 0.2) is 23.1 Å². The van der Waals surface area contributed by atoms with Gasteiger partial charge in [-0.1, -0.05) is 0 Å². The summed E-state index contributed by atoms with van der Waals surface area (Å²) in [4.78, 5) is 37.7. The average molecular weight is 368 g/mol. The zero-order chi connectivity index (χ0) is 18.6. The highest BCUT2D eigenvalue weighted by Gasteiger charge is 2.51. The number of nitrogens with one attached hydrogen (secondary N) is 1. The fourth-order valence-electron chi connectivity index (χ4n) is 4.71. The molecule has 1 N–H and O–H groups in total. The minimum Gasteiger partial charge on any atom is -0.469 e. The minimum atomic E-state index is -0.379. The van der Waals surface area contributed by atoms with Crippen LogP contribution in [0.25, 0.3) is 0 Å². The van der Waals surface area contributed by atoms with Crippen molar-refractivity contribution in [3.05, 3.63) is 41.4 Å². The van der Waals surface area contributed by atoms with Crippen LogP contribution in [0.2, 0.25) is 0 Å². The quantitative estimate of drug-likeness (QED) is 0.881. The number of hydrogen-bond donors (Lipinski definition) is 1. The van der Waals surface area contributed by atoms with Crippen LogP contribution in [0.4, 0.5) is 0 Å². The molecule has 2 fully saturated rings. The molecular formula is C20H24N4O3. The first-order valence-electron chi connectivity index (χ1n) is 9.78. The Morgan fingerprint density at radius 3 is 2.70 bits per heavy atom. The number of likely N-dealkylation sites (tertiary alicyclic amines) is 1. The molecule has 1 spiro atoms. The summed E-state index contributed by atoms with van der Waals surface area (Å²) >= 11 is 0. The van der Waals surface area contributed by atoms with E-state index >= 15 is 0 Å².